The molecule has 204 valence electrons. The second-order valence-electron chi connectivity index (χ2n) is 9.53. The summed E-state index contributed by atoms with van der Waals surface area (Å²) < 4.78 is 53.3. The molecule has 1 fully saturated rings. The van der Waals surface area contributed by atoms with E-state index in [4.69, 9.17) is 0 Å². The maximum atomic E-state index is 13.3. The van der Waals surface area contributed by atoms with Gasteiger partial charge in [0.15, 0.2) is 11.4 Å². The van der Waals surface area contributed by atoms with Crippen molar-refractivity contribution in [2.75, 3.05) is 13.1 Å². The number of fused-ring (bicyclic) bond motifs is 2. The maximum Gasteiger partial charge on any atom is 0.416 e. The van der Waals surface area contributed by atoms with Crippen LogP contribution in [0, 0.1) is 5.82 Å². The number of aromatic hydroxyl groups is 1. The maximum absolute atomic E-state index is 13.3. The highest BCUT2D eigenvalue weighted by molar-refractivity contribution is 5.99. The monoisotopic (exact) mass is 544 g/mol. The number of nitrogens with zero attached hydrogens (tertiary/aromatic N) is 3. The van der Waals surface area contributed by atoms with Gasteiger partial charge in [0.2, 0.25) is 5.43 Å². The Hall–Kier alpha value is -4.19. The first-order chi connectivity index (χ1) is 18.5. The fourth-order valence-electron chi connectivity index (χ4n) is 4.98. The van der Waals surface area contributed by atoms with Crippen molar-refractivity contribution in [2.45, 2.75) is 38.4 Å². The molecule has 0 saturated carbocycles. The van der Waals surface area contributed by atoms with E-state index in [1.54, 1.807) is 0 Å². The van der Waals surface area contributed by atoms with Gasteiger partial charge in [-0.3, -0.25) is 19.3 Å². The fraction of sp³-hybridized carbons (Fsp3) is 0.296. The Bertz CT molecular complexity index is 1470. The number of halogens is 4. The first-order valence-electron chi connectivity index (χ1n) is 12.2. The van der Waals surface area contributed by atoms with Crippen LogP contribution in [0.4, 0.5) is 17.6 Å². The minimum absolute atomic E-state index is 0.0112. The van der Waals surface area contributed by atoms with Crippen molar-refractivity contribution in [1.29, 1.82) is 0 Å². The van der Waals surface area contributed by atoms with Gasteiger partial charge in [0.1, 0.15) is 17.5 Å². The quantitative estimate of drug-likeness (QED) is 0.481. The lowest BCUT2D eigenvalue weighted by atomic mass is 10.1. The van der Waals surface area contributed by atoms with Crippen LogP contribution in [0.5, 0.6) is 5.75 Å². The van der Waals surface area contributed by atoms with E-state index < -0.39 is 46.7 Å². The summed E-state index contributed by atoms with van der Waals surface area (Å²) in [5.74, 6) is -2.60. The van der Waals surface area contributed by atoms with Crippen molar-refractivity contribution in [2.24, 2.45) is 0 Å². The second kappa shape index (κ2) is 10.2. The SMILES string of the molecule is O=C(NCc1ccc(F)cc1)c1cn2c(c(O)c1=O)C(=O)N1CCCN(Cc3ccc(C(F)(F)F)cc3)C1C2. The number of hydrogen-bond donors (Lipinski definition) is 2. The lowest BCUT2D eigenvalue weighted by molar-refractivity contribution is -0.137. The first kappa shape index (κ1) is 26.4. The number of rotatable bonds is 5. The van der Waals surface area contributed by atoms with Gasteiger partial charge < -0.3 is 19.9 Å². The van der Waals surface area contributed by atoms with Gasteiger partial charge in [-0.1, -0.05) is 24.3 Å². The van der Waals surface area contributed by atoms with Gasteiger partial charge in [0, 0.05) is 32.4 Å². The third kappa shape index (κ3) is 5.24. The van der Waals surface area contributed by atoms with E-state index in [1.807, 2.05) is 4.90 Å². The molecule has 3 heterocycles. The van der Waals surface area contributed by atoms with Crippen molar-refractivity contribution >= 4 is 11.8 Å². The minimum Gasteiger partial charge on any atom is -0.503 e. The van der Waals surface area contributed by atoms with E-state index in [1.165, 1.54) is 52.1 Å². The van der Waals surface area contributed by atoms with Gasteiger partial charge in [-0.2, -0.15) is 13.2 Å². The van der Waals surface area contributed by atoms with E-state index in [9.17, 15) is 37.1 Å². The van der Waals surface area contributed by atoms with Gasteiger partial charge >= 0.3 is 6.18 Å². The predicted octanol–water partition coefficient (Wildman–Crippen LogP) is 3.33. The summed E-state index contributed by atoms with van der Waals surface area (Å²) >= 11 is 0. The Morgan fingerprint density at radius 3 is 2.33 bits per heavy atom. The van der Waals surface area contributed by atoms with Crippen molar-refractivity contribution in [3.8, 4) is 5.75 Å². The van der Waals surface area contributed by atoms with Gasteiger partial charge in [-0.25, -0.2) is 4.39 Å². The summed E-state index contributed by atoms with van der Waals surface area (Å²) in [5, 5.41) is 13.2. The molecule has 2 aliphatic heterocycles. The molecule has 0 bridgehead atoms. The van der Waals surface area contributed by atoms with Crippen LogP contribution in [0.1, 0.15) is 44.0 Å². The Morgan fingerprint density at radius 2 is 1.67 bits per heavy atom. The molecule has 1 aromatic heterocycles. The van der Waals surface area contributed by atoms with Crippen LogP contribution in [-0.4, -0.2) is 50.5 Å². The van der Waals surface area contributed by atoms with Crippen LogP contribution in [0.15, 0.2) is 59.5 Å². The summed E-state index contributed by atoms with van der Waals surface area (Å²) in [5.41, 5.74) is -1.08. The standard InChI is InChI=1S/C27H24F4N4O4/c28-19-8-4-16(5-9-19)12-32-25(38)20-14-34-15-21-33(13-17-2-6-18(7-3-17)27(29,30)31)10-1-11-35(21)26(39)22(34)24(37)23(20)36/h2-9,14,21,37H,1,10-13,15H2,(H,32,38). The molecule has 12 heteroatoms. The van der Waals surface area contributed by atoms with E-state index in [-0.39, 0.29) is 30.9 Å². The topological polar surface area (TPSA) is 94.9 Å². The van der Waals surface area contributed by atoms with Crippen LogP contribution in [0.3, 0.4) is 0 Å². The first-order valence-corrected chi connectivity index (χ1v) is 12.2. The zero-order valence-corrected chi connectivity index (χ0v) is 20.5. The number of aromatic nitrogens is 1. The summed E-state index contributed by atoms with van der Waals surface area (Å²) in [6.07, 6.45) is -3.12. The van der Waals surface area contributed by atoms with Crippen molar-refractivity contribution in [1.82, 2.24) is 19.7 Å². The zero-order chi connectivity index (χ0) is 27.9. The largest absolute Gasteiger partial charge is 0.503 e. The van der Waals surface area contributed by atoms with Crippen LogP contribution in [0.25, 0.3) is 0 Å². The molecule has 3 aromatic rings. The molecule has 1 unspecified atom stereocenters. The van der Waals surface area contributed by atoms with E-state index in [2.05, 4.69) is 5.32 Å². The zero-order valence-electron chi connectivity index (χ0n) is 20.5. The summed E-state index contributed by atoms with van der Waals surface area (Å²) in [6, 6.07) is 10.2. The van der Waals surface area contributed by atoms with Gasteiger partial charge in [-0.05, 0) is 41.8 Å². The van der Waals surface area contributed by atoms with Crippen molar-refractivity contribution in [3.05, 3.63) is 98.7 Å². The molecule has 2 aliphatic rings. The molecule has 0 aliphatic carbocycles. The Balaban J connectivity index is 1.38. The summed E-state index contributed by atoms with van der Waals surface area (Å²) in [6.45, 7) is 1.37. The number of benzene rings is 2. The number of amides is 2. The average Bonchev–Trinajstić information content (AvgIpc) is 2.90. The van der Waals surface area contributed by atoms with Gasteiger partial charge in [0.25, 0.3) is 11.8 Å². The highest BCUT2D eigenvalue weighted by Crippen LogP contribution is 2.31. The van der Waals surface area contributed by atoms with Gasteiger partial charge in [0.05, 0.1) is 12.1 Å². The summed E-state index contributed by atoms with van der Waals surface area (Å²) in [4.78, 5) is 42.4. The molecule has 1 atom stereocenters. The highest BCUT2D eigenvalue weighted by atomic mass is 19.4. The predicted molar refractivity (Wildman–Crippen MR) is 131 cm³/mol. The average molecular weight is 545 g/mol. The molecule has 2 amide bonds. The van der Waals surface area contributed by atoms with Crippen LogP contribution in [-0.2, 0) is 25.8 Å². The van der Waals surface area contributed by atoms with Crippen LogP contribution < -0.4 is 10.7 Å². The molecule has 2 N–H and O–H groups in total. The third-order valence-electron chi connectivity index (χ3n) is 6.98. The van der Waals surface area contributed by atoms with Crippen molar-refractivity contribution in [3.63, 3.8) is 0 Å². The number of pyridine rings is 1. The normalized spacial score (nSPS) is 17.5. The van der Waals surface area contributed by atoms with Crippen molar-refractivity contribution < 1.29 is 32.3 Å². The Kier molecular flexibility index (Phi) is 6.89. The Labute approximate surface area is 220 Å². The minimum atomic E-state index is -4.44. The molecule has 1 saturated heterocycles. The third-order valence-corrected chi connectivity index (χ3v) is 6.98. The van der Waals surface area contributed by atoms with Gasteiger partial charge in [-0.15, -0.1) is 0 Å². The van der Waals surface area contributed by atoms with Crippen LogP contribution in [0.2, 0.25) is 0 Å². The Morgan fingerprint density at radius 1 is 1.00 bits per heavy atom. The number of nitrogens with one attached hydrogen (secondary N) is 1. The van der Waals surface area contributed by atoms with E-state index in [0.717, 1.165) is 12.1 Å². The molecular weight excluding hydrogens is 520 g/mol. The molecule has 0 spiro atoms. The molecular formula is C27H24F4N4O4. The number of carbonyl (C=O) groups excluding carboxylic acids is 2. The number of hydrogen-bond acceptors (Lipinski definition) is 5. The molecule has 0 radical (unpaired) electrons. The number of carbonyl (C=O) groups is 2. The van der Waals surface area contributed by atoms with E-state index >= 15 is 0 Å². The molecule has 5 rings (SSSR count). The molecule has 8 nitrogen and oxygen atoms in total. The smallest absolute Gasteiger partial charge is 0.416 e. The van der Waals surface area contributed by atoms with Crippen LogP contribution >= 0.6 is 0 Å². The highest BCUT2D eigenvalue weighted by Gasteiger charge is 2.40. The number of alkyl halides is 3. The lowest BCUT2D eigenvalue weighted by Gasteiger charge is -2.47. The molecule has 39 heavy (non-hydrogen) atoms. The summed E-state index contributed by atoms with van der Waals surface area (Å²) in [7, 11) is 0. The second-order valence-corrected chi connectivity index (χ2v) is 9.53. The van der Waals surface area contributed by atoms with E-state index in [0.29, 0.717) is 30.6 Å². The fourth-order valence-corrected chi connectivity index (χ4v) is 4.98. The molecule has 2 aromatic carbocycles. The lowest BCUT2D eigenvalue weighted by Crippen LogP contribution is -2.60.